The van der Waals surface area contributed by atoms with Gasteiger partial charge < -0.3 is 20.5 Å². The molecule has 5 nitrogen and oxygen atoms in total. The highest BCUT2D eigenvalue weighted by Gasteiger charge is 2.31. The van der Waals surface area contributed by atoms with Crippen LogP contribution >= 0.6 is 0 Å². The number of hydrogen-bond donors (Lipinski definition) is 3. The average Bonchev–Trinajstić information content (AvgIpc) is 2.53. The van der Waals surface area contributed by atoms with E-state index in [0.717, 1.165) is 51.6 Å². The molecular weight excluding hydrogens is 256 g/mol. The second-order valence-corrected chi connectivity index (χ2v) is 6.26. The molecule has 0 atom stereocenters. The number of ether oxygens (including phenoxy) is 1. The summed E-state index contributed by atoms with van der Waals surface area (Å²) in [6.07, 6.45) is 7.75. The molecule has 20 heavy (non-hydrogen) atoms. The van der Waals surface area contributed by atoms with Gasteiger partial charge in [0, 0.05) is 12.0 Å². The van der Waals surface area contributed by atoms with Crippen molar-refractivity contribution in [2.45, 2.75) is 51.0 Å². The van der Waals surface area contributed by atoms with Gasteiger partial charge in [0.2, 0.25) is 5.91 Å². The van der Waals surface area contributed by atoms with E-state index in [1.54, 1.807) is 0 Å². The van der Waals surface area contributed by atoms with Crippen LogP contribution in [0.5, 0.6) is 0 Å². The Balaban J connectivity index is 1.65. The van der Waals surface area contributed by atoms with Crippen molar-refractivity contribution in [1.29, 1.82) is 0 Å². The first-order valence-corrected chi connectivity index (χ1v) is 7.94. The van der Waals surface area contributed by atoms with E-state index in [9.17, 15) is 9.90 Å². The number of aliphatic hydroxyl groups is 1. The number of aliphatic hydroxyl groups excluding tert-OH is 1. The van der Waals surface area contributed by atoms with Crippen LogP contribution in [0.2, 0.25) is 0 Å². The van der Waals surface area contributed by atoms with Crippen LogP contribution in [-0.4, -0.2) is 50.0 Å². The molecule has 1 heterocycles. The molecule has 2 aliphatic rings. The first-order chi connectivity index (χ1) is 9.74. The van der Waals surface area contributed by atoms with E-state index in [-0.39, 0.29) is 30.6 Å². The van der Waals surface area contributed by atoms with E-state index in [1.165, 1.54) is 6.42 Å². The zero-order chi connectivity index (χ0) is 14.3. The molecule has 0 bridgehead atoms. The Morgan fingerprint density at radius 3 is 2.60 bits per heavy atom. The number of carbonyl (C=O) groups is 1. The molecule has 0 aromatic rings. The summed E-state index contributed by atoms with van der Waals surface area (Å²) in [5, 5.41) is 15.8. The fourth-order valence-electron chi connectivity index (χ4n) is 3.19. The normalized spacial score (nSPS) is 23.4. The Labute approximate surface area is 121 Å². The summed E-state index contributed by atoms with van der Waals surface area (Å²) >= 11 is 0. The minimum atomic E-state index is -0.0946. The minimum Gasteiger partial charge on any atom is -0.396 e. The smallest absolute Gasteiger partial charge is 0.246 e. The van der Waals surface area contributed by atoms with Gasteiger partial charge in [-0.05, 0) is 38.8 Å². The van der Waals surface area contributed by atoms with Gasteiger partial charge in [0.15, 0.2) is 0 Å². The highest BCUT2D eigenvalue weighted by Crippen LogP contribution is 2.35. The van der Waals surface area contributed by atoms with E-state index in [0.29, 0.717) is 6.54 Å². The van der Waals surface area contributed by atoms with Crippen LogP contribution < -0.4 is 10.6 Å². The molecule has 0 spiro atoms. The number of rotatable bonds is 6. The van der Waals surface area contributed by atoms with Gasteiger partial charge in [0.25, 0.3) is 0 Å². The molecule has 1 amide bonds. The maximum absolute atomic E-state index is 11.9. The quantitative estimate of drug-likeness (QED) is 0.675. The summed E-state index contributed by atoms with van der Waals surface area (Å²) < 4.78 is 5.64. The van der Waals surface area contributed by atoms with E-state index >= 15 is 0 Å². The fourth-order valence-corrected chi connectivity index (χ4v) is 3.19. The SMILES string of the molecule is O=C(COC1CCNCC1)NCC1(CO)CCCCC1. The van der Waals surface area contributed by atoms with Crippen molar-refractivity contribution >= 4 is 5.91 Å². The van der Waals surface area contributed by atoms with Crippen LogP contribution in [-0.2, 0) is 9.53 Å². The summed E-state index contributed by atoms with van der Waals surface area (Å²) in [6, 6.07) is 0. The van der Waals surface area contributed by atoms with Crippen molar-refractivity contribution < 1.29 is 14.6 Å². The lowest BCUT2D eigenvalue weighted by atomic mass is 9.74. The van der Waals surface area contributed by atoms with Gasteiger partial charge in [-0.2, -0.15) is 0 Å². The predicted octanol–water partition coefficient (Wildman–Crippen LogP) is 0.814. The lowest BCUT2D eigenvalue weighted by Gasteiger charge is -2.35. The third-order valence-corrected chi connectivity index (χ3v) is 4.65. The van der Waals surface area contributed by atoms with E-state index in [4.69, 9.17) is 4.74 Å². The molecule has 116 valence electrons. The first-order valence-electron chi connectivity index (χ1n) is 7.94. The molecule has 0 aromatic carbocycles. The summed E-state index contributed by atoms with van der Waals surface area (Å²) in [4.78, 5) is 11.9. The maximum Gasteiger partial charge on any atom is 0.246 e. The standard InChI is InChI=1S/C15H28N2O3/c18-12-15(6-2-1-3-7-15)11-17-14(19)10-20-13-4-8-16-9-5-13/h13,16,18H,1-12H2,(H,17,19). The summed E-state index contributed by atoms with van der Waals surface area (Å²) in [6.45, 7) is 2.84. The van der Waals surface area contributed by atoms with Gasteiger partial charge in [-0.15, -0.1) is 0 Å². The topological polar surface area (TPSA) is 70.6 Å². The second kappa shape index (κ2) is 7.96. The van der Waals surface area contributed by atoms with Crippen molar-refractivity contribution in [2.75, 3.05) is 32.8 Å². The van der Waals surface area contributed by atoms with Crippen LogP contribution in [0.4, 0.5) is 0 Å². The number of amides is 1. The van der Waals surface area contributed by atoms with Gasteiger partial charge in [-0.1, -0.05) is 19.3 Å². The molecule has 1 aliphatic heterocycles. The summed E-state index contributed by atoms with van der Waals surface area (Å²) in [5.74, 6) is -0.0538. The maximum atomic E-state index is 11.9. The van der Waals surface area contributed by atoms with Crippen molar-refractivity contribution in [2.24, 2.45) is 5.41 Å². The van der Waals surface area contributed by atoms with Crippen LogP contribution in [0.1, 0.15) is 44.9 Å². The Kier molecular flexibility index (Phi) is 6.26. The van der Waals surface area contributed by atoms with Gasteiger partial charge in [0.05, 0.1) is 12.7 Å². The van der Waals surface area contributed by atoms with Crippen molar-refractivity contribution in [3.63, 3.8) is 0 Å². The van der Waals surface area contributed by atoms with Gasteiger partial charge in [-0.3, -0.25) is 4.79 Å². The number of hydrogen-bond acceptors (Lipinski definition) is 4. The molecule has 5 heteroatoms. The zero-order valence-corrected chi connectivity index (χ0v) is 12.3. The fraction of sp³-hybridized carbons (Fsp3) is 0.933. The molecule has 1 aliphatic carbocycles. The monoisotopic (exact) mass is 284 g/mol. The molecule has 0 radical (unpaired) electrons. The third kappa shape index (κ3) is 4.72. The molecule has 0 unspecified atom stereocenters. The molecule has 0 aromatic heterocycles. The minimum absolute atomic E-state index is 0.0538. The molecule has 1 saturated heterocycles. The molecule has 1 saturated carbocycles. The van der Waals surface area contributed by atoms with Crippen LogP contribution in [0.15, 0.2) is 0 Å². The predicted molar refractivity (Wildman–Crippen MR) is 77.5 cm³/mol. The van der Waals surface area contributed by atoms with E-state index in [2.05, 4.69) is 10.6 Å². The molecular formula is C15H28N2O3. The number of piperidine rings is 1. The number of nitrogens with one attached hydrogen (secondary N) is 2. The van der Waals surface area contributed by atoms with Crippen LogP contribution in [0.3, 0.4) is 0 Å². The van der Waals surface area contributed by atoms with E-state index < -0.39 is 0 Å². The first kappa shape index (κ1) is 15.7. The summed E-state index contributed by atoms with van der Waals surface area (Å²) in [7, 11) is 0. The average molecular weight is 284 g/mol. The number of carbonyl (C=O) groups excluding carboxylic acids is 1. The van der Waals surface area contributed by atoms with Crippen molar-refractivity contribution in [3.05, 3.63) is 0 Å². The van der Waals surface area contributed by atoms with Gasteiger partial charge in [-0.25, -0.2) is 0 Å². The largest absolute Gasteiger partial charge is 0.396 e. The third-order valence-electron chi connectivity index (χ3n) is 4.65. The Morgan fingerprint density at radius 2 is 1.95 bits per heavy atom. The van der Waals surface area contributed by atoms with Crippen LogP contribution in [0.25, 0.3) is 0 Å². The zero-order valence-electron chi connectivity index (χ0n) is 12.3. The van der Waals surface area contributed by atoms with E-state index in [1.807, 2.05) is 0 Å². The van der Waals surface area contributed by atoms with Crippen molar-refractivity contribution in [3.8, 4) is 0 Å². The van der Waals surface area contributed by atoms with Gasteiger partial charge in [0.1, 0.15) is 6.61 Å². The Hall–Kier alpha value is -0.650. The Morgan fingerprint density at radius 1 is 1.25 bits per heavy atom. The highest BCUT2D eigenvalue weighted by atomic mass is 16.5. The van der Waals surface area contributed by atoms with Gasteiger partial charge >= 0.3 is 0 Å². The lowest BCUT2D eigenvalue weighted by Crippen LogP contribution is -2.43. The second-order valence-electron chi connectivity index (χ2n) is 6.26. The lowest BCUT2D eigenvalue weighted by molar-refractivity contribution is -0.129. The van der Waals surface area contributed by atoms with Crippen molar-refractivity contribution in [1.82, 2.24) is 10.6 Å². The highest BCUT2D eigenvalue weighted by molar-refractivity contribution is 5.77. The molecule has 2 fully saturated rings. The summed E-state index contributed by atoms with van der Waals surface area (Å²) in [5.41, 5.74) is -0.0946. The van der Waals surface area contributed by atoms with Crippen LogP contribution in [0, 0.1) is 5.41 Å². The molecule has 3 N–H and O–H groups in total. The molecule has 2 rings (SSSR count). The Bertz CT molecular complexity index is 297.